The average molecular weight is 361 g/mol. The van der Waals surface area contributed by atoms with Crippen LogP contribution in [0.3, 0.4) is 0 Å². The van der Waals surface area contributed by atoms with Gasteiger partial charge < -0.3 is 14.7 Å². The van der Waals surface area contributed by atoms with Crippen LogP contribution in [0.1, 0.15) is 10.4 Å². The number of aliphatic hydroxyl groups is 1. The van der Waals surface area contributed by atoms with E-state index in [-0.39, 0.29) is 6.10 Å². The Labute approximate surface area is 157 Å². The van der Waals surface area contributed by atoms with E-state index >= 15 is 0 Å². The molecule has 6 nitrogen and oxygen atoms in total. The predicted molar refractivity (Wildman–Crippen MR) is 102 cm³/mol. The van der Waals surface area contributed by atoms with Crippen LogP contribution < -0.4 is 4.90 Å². The molecule has 6 heteroatoms. The second-order valence-electron chi connectivity index (χ2n) is 6.46. The van der Waals surface area contributed by atoms with E-state index in [1.165, 1.54) is 7.11 Å². The fraction of sp³-hybridized carbons (Fsp3) is 0.190. The van der Waals surface area contributed by atoms with Gasteiger partial charge in [-0.25, -0.2) is 9.78 Å². The zero-order valence-corrected chi connectivity index (χ0v) is 14.9. The molecule has 27 heavy (non-hydrogen) atoms. The molecule has 1 aromatic carbocycles. The summed E-state index contributed by atoms with van der Waals surface area (Å²) < 4.78 is 4.92. The summed E-state index contributed by atoms with van der Waals surface area (Å²) in [6, 6.07) is 13.7. The maximum Gasteiger partial charge on any atom is 0.341 e. The zero-order valence-electron chi connectivity index (χ0n) is 14.9. The standard InChI is InChI=1S/C21H19N3O3/c1-27-21(26)19-9-17(11-23-20(19)24-12-18(25)13-24)15-6-4-14(5-7-15)16-3-2-8-22-10-16/h2-11,18,25H,12-13H2,1H3. The number of ether oxygens (including phenoxy) is 1. The van der Waals surface area contributed by atoms with Crippen LogP contribution in [0.4, 0.5) is 5.82 Å². The van der Waals surface area contributed by atoms with E-state index in [9.17, 15) is 9.90 Å². The van der Waals surface area contributed by atoms with Gasteiger partial charge in [-0.15, -0.1) is 0 Å². The first-order valence-corrected chi connectivity index (χ1v) is 8.68. The van der Waals surface area contributed by atoms with Crippen molar-refractivity contribution in [2.45, 2.75) is 6.10 Å². The van der Waals surface area contributed by atoms with Crippen molar-refractivity contribution >= 4 is 11.8 Å². The van der Waals surface area contributed by atoms with Crippen molar-refractivity contribution in [3.05, 3.63) is 66.6 Å². The van der Waals surface area contributed by atoms with Crippen molar-refractivity contribution in [1.29, 1.82) is 0 Å². The molecule has 0 bridgehead atoms. The summed E-state index contributed by atoms with van der Waals surface area (Å²) in [4.78, 5) is 22.7. The van der Waals surface area contributed by atoms with Crippen LogP contribution in [0, 0.1) is 0 Å². The molecule has 136 valence electrons. The van der Waals surface area contributed by atoms with Crippen molar-refractivity contribution < 1.29 is 14.6 Å². The molecule has 0 radical (unpaired) electrons. The molecule has 0 unspecified atom stereocenters. The van der Waals surface area contributed by atoms with Crippen LogP contribution in [0.25, 0.3) is 22.3 Å². The number of anilines is 1. The van der Waals surface area contributed by atoms with Gasteiger partial charge >= 0.3 is 5.97 Å². The fourth-order valence-electron chi connectivity index (χ4n) is 3.14. The molecule has 1 fully saturated rings. The lowest BCUT2D eigenvalue weighted by Gasteiger charge is -2.37. The van der Waals surface area contributed by atoms with Gasteiger partial charge in [-0.1, -0.05) is 30.3 Å². The number of carbonyl (C=O) groups is 1. The molecule has 0 saturated carbocycles. The molecule has 4 rings (SSSR count). The largest absolute Gasteiger partial charge is 0.465 e. The Balaban J connectivity index is 1.66. The van der Waals surface area contributed by atoms with E-state index in [2.05, 4.69) is 9.97 Å². The summed E-state index contributed by atoms with van der Waals surface area (Å²) in [7, 11) is 1.35. The molecule has 1 N–H and O–H groups in total. The highest BCUT2D eigenvalue weighted by atomic mass is 16.5. The first-order valence-electron chi connectivity index (χ1n) is 8.68. The van der Waals surface area contributed by atoms with Crippen molar-refractivity contribution in [1.82, 2.24) is 9.97 Å². The summed E-state index contributed by atoms with van der Waals surface area (Å²) in [6.45, 7) is 0.937. The van der Waals surface area contributed by atoms with Gasteiger partial charge in [-0.05, 0) is 28.8 Å². The predicted octanol–water partition coefficient (Wildman–Crippen LogP) is 2.78. The number of nitrogens with zero attached hydrogens (tertiary/aromatic N) is 3. The summed E-state index contributed by atoms with van der Waals surface area (Å²) in [5.41, 5.74) is 4.30. The van der Waals surface area contributed by atoms with Crippen molar-refractivity contribution in [2.24, 2.45) is 0 Å². The fourth-order valence-corrected chi connectivity index (χ4v) is 3.14. The Morgan fingerprint density at radius 2 is 1.78 bits per heavy atom. The molecule has 1 saturated heterocycles. The zero-order chi connectivity index (χ0) is 18.8. The highest BCUT2D eigenvalue weighted by Gasteiger charge is 2.29. The van der Waals surface area contributed by atoms with E-state index in [1.807, 2.05) is 47.5 Å². The minimum absolute atomic E-state index is 0.378. The van der Waals surface area contributed by atoms with E-state index in [1.54, 1.807) is 18.5 Å². The summed E-state index contributed by atoms with van der Waals surface area (Å²) in [5, 5.41) is 9.53. The number of β-amino-alcohol motifs (C(OH)–C–C–N with tert-alkyl or cyclic N) is 1. The number of benzene rings is 1. The van der Waals surface area contributed by atoms with Crippen LogP contribution in [-0.4, -0.2) is 47.3 Å². The number of esters is 1. The SMILES string of the molecule is COC(=O)c1cc(-c2ccc(-c3cccnc3)cc2)cnc1N1CC(O)C1. The topological polar surface area (TPSA) is 75.5 Å². The van der Waals surface area contributed by atoms with Gasteiger partial charge in [0.25, 0.3) is 0 Å². The number of pyridine rings is 2. The minimum Gasteiger partial charge on any atom is -0.465 e. The van der Waals surface area contributed by atoms with Crippen LogP contribution in [0.15, 0.2) is 61.1 Å². The Bertz CT molecular complexity index is 952. The van der Waals surface area contributed by atoms with Crippen molar-refractivity contribution in [3.63, 3.8) is 0 Å². The van der Waals surface area contributed by atoms with E-state index in [0.717, 1.165) is 22.3 Å². The number of hydrogen-bond acceptors (Lipinski definition) is 6. The highest BCUT2D eigenvalue weighted by molar-refractivity contribution is 5.96. The lowest BCUT2D eigenvalue weighted by atomic mass is 10.0. The Hall–Kier alpha value is -3.25. The molecule has 0 atom stereocenters. The van der Waals surface area contributed by atoms with Crippen molar-refractivity contribution in [3.8, 4) is 22.3 Å². The van der Waals surface area contributed by atoms with Crippen LogP contribution >= 0.6 is 0 Å². The number of rotatable bonds is 4. The van der Waals surface area contributed by atoms with Gasteiger partial charge in [0.1, 0.15) is 11.4 Å². The summed E-state index contributed by atoms with van der Waals surface area (Å²) in [6.07, 6.45) is 4.93. The van der Waals surface area contributed by atoms with Gasteiger partial charge in [0, 0.05) is 37.2 Å². The monoisotopic (exact) mass is 361 g/mol. The van der Waals surface area contributed by atoms with Gasteiger partial charge in [0.05, 0.1) is 13.2 Å². The molecular formula is C21H19N3O3. The van der Waals surface area contributed by atoms with E-state index in [0.29, 0.717) is 24.5 Å². The summed E-state index contributed by atoms with van der Waals surface area (Å²) >= 11 is 0. The summed E-state index contributed by atoms with van der Waals surface area (Å²) in [5.74, 6) is 0.107. The maximum atomic E-state index is 12.2. The van der Waals surface area contributed by atoms with E-state index in [4.69, 9.17) is 4.74 Å². The molecule has 1 aliphatic rings. The van der Waals surface area contributed by atoms with Crippen LogP contribution in [-0.2, 0) is 4.74 Å². The number of methoxy groups -OCH3 is 1. The number of carbonyl (C=O) groups excluding carboxylic acids is 1. The first kappa shape index (κ1) is 17.2. The molecule has 1 aliphatic heterocycles. The molecular weight excluding hydrogens is 342 g/mol. The third kappa shape index (κ3) is 3.39. The minimum atomic E-state index is -0.437. The van der Waals surface area contributed by atoms with Gasteiger partial charge in [0.15, 0.2) is 0 Å². The Morgan fingerprint density at radius 3 is 2.37 bits per heavy atom. The number of aliphatic hydroxyl groups excluding tert-OH is 1. The second-order valence-corrected chi connectivity index (χ2v) is 6.46. The molecule has 3 heterocycles. The molecule has 0 spiro atoms. The lowest BCUT2D eigenvalue weighted by Crippen LogP contribution is -2.51. The smallest absolute Gasteiger partial charge is 0.341 e. The quantitative estimate of drug-likeness (QED) is 0.720. The molecule has 3 aromatic rings. The highest BCUT2D eigenvalue weighted by Crippen LogP contribution is 2.29. The van der Waals surface area contributed by atoms with Crippen LogP contribution in [0.2, 0.25) is 0 Å². The number of hydrogen-bond donors (Lipinski definition) is 1. The second kappa shape index (κ2) is 7.17. The Kier molecular flexibility index (Phi) is 4.56. The average Bonchev–Trinajstić information content (AvgIpc) is 2.71. The third-order valence-corrected chi connectivity index (χ3v) is 4.65. The van der Waals surface area contributed by atoms with Crippen LogP contribution in [0.5, 0.6) is 0 Å². The maximum absolute atomic E-state index is 12.2. The normalized spacial score (nSPS) is 13.9. The molecule has 2 aromatic heterocycles. The first-order chi connectivity index (χ1) is 13.2. The molecule has 0 amide bonds. The third-order valence-electron chi connectivity index (χ3n) is 4.65. The van der Waals surface area contributed by atoms with E-state index < -0.39 is 5.97 Å². The Morgan fingerprint density at radius 1 is 1.07 bits per heavy atom. The van der Waals surface area contributed by atoms with Gasteiger partial charge in [-0.3, -0.25) is 4.98 Å². The lowest BCUT2D eigenvalue weighted by molar-refractivity contribution is 0.0599. The molecule has 0 aliphatic carbocycles. The van der Waals surface area contributed by atoms with Crippen molar-refractivity contribution in [2.75, 3.05) is 25.1 Å². The van der Waals surface area contributed by atoms with Gasteiger partial charge in [-0.2, -0.15) is 0 Å². The van der Waals surface area contributed by atoms with Gasteiger partial charge in [0.2, 0.25) is 0 Å². The number of aromatic nitrogens is 2.